The lowest BCUT2D eigenvalue weighted by Gasteiger charge is -2.08. The van der Waals surface area contributed by atoms with E-state index in [-0.39, 0.29) is 23.0 Å². The van der Waals surface area contributed by atoms with Crippen molar-refractivity contribution in [3.05, 3.63) is 104 Å². The highest BCUT2D eigenvalue weighted by Crippen LogP contribution is 2.20. The Morgan fingerprint density at radius 1 is 0.686 bits per heavy atom. The number of halogens is 1. The minimum atomic E-state index is 0.0770. The first kappa shape index (κ1) is 26.5. The average Bonchev–Trinajstić information content (AvgIpc) is 3.22. The molecule has 186 valence electrons. The van der Waals surface area contributed by atoms with Crippen molar-refractivity contribution < 1.29 is 0 Å². The standard InChI is InChI=1S/C14H17BrN2O.C14H18N2O/c1-10(2)13-12(9-15)16(3)17(14(13)18)11-7-5-4-6-8-11;1-10(2)13-11(3)15(4)16(14(13)17)12-8-6-5-7-9-12/h4-8,10H,9H2,1-3H3;5-10H,1-4H3. The molecule has 0 radical (unpaired) electrons. The van der Waals surface area contributed by atoms with Crippen LogP contribution in [0.2, 0.25) is 0 Å². The molecular formula is C28H35BrN4O2. The van der Waals surface area contributed by atoms with E-state index in [1.54, 1.807) is 9.36 Å². The van der Waals surface area contributed by atoms with Crippen LogP contribution in [-0.4, -0.2) is 18.7 Å². The van der Waals surface area contributed by atoms with Gasteiger partial charge in [-0.25, -0.2) is 9.36 Å². The van der Waals surface area contributed by atoms with E-state index >= 15 is 0 Å². The Bertz CT molecular complexity index is 1390. The topological polar surface area (TPSA) is 53.9 Å². The van der Waals surface area contributed by atoms with Crippen molar-refractivity contribution in [1.29, 1.82) is 0 Å². The predicted octanol–water partition coefficient (Wildman–Crippen LogP) is 5.80. The molecule has 4 aromatic rings. The molecule has 0 atom stereocenters. The second kappa shape index (κ2) is 11.1. The van der Waals surface area contributed by atoms with Gasteiger partial charge in [0.1, 0.15) is 0 Å². The van der Waals surface area contributed by atoms with Crippen LogP contribution in [0.4, 0.5) is 0 Å². The van der Waals surface area contributed by atoms with Crippen molar-refractivity contribution in [2.24, 2.45) is 14.1 Å². The number of alkyl halides is 1. The second-order valence-corrected chi connectivity index (χ2v) is 9.82. The summed E-state index contributed by atoms with van der Waals surface area (Å²) in [6.07, 6.45) is 0. The fourth-order valence-corrected chi connectivity index (χ4v) is 5.19. The second-order valence-electron chi connectivity index (χ2n) is 9.25. The van der Waals surface area contributed by atoms with Gasteiger partial charge in [0.2, 0.25) is 0 Å². The van der Waals surface area contributed by atoms with Crippen molar-refractivity contribution in [2.45, 2.75) is 51.8 Å². The summed E-state index contributed by atoms with van der Waals surface area (Å²) in [6.45, 7) is 10.2. The van der Waals surface area contributed by atoms with Crippen LogP contribution in [0.15, 0.2) is 70.3 Å². The van der Waals surface area contributed by atoms with E-state index in [0.717, 1.165) is 33.9 Å². The first-order valence-corrected chi connectivity index (χ1v) is 13.0. The third-order valence-corrected chi connectivity index (χ3v) is 6.84. The highest BCUT2D eigenvalue weighted by Gasteiger charge is 2.20. The molecule has 2 heterocycles. The van der Waals surface area contributed by atoms with E-state index in [1.807, 2.05) is 91.0 Å². The Morgan fingerprint density at radius 2 is 1.09 bits per heavy atom. The summed E-state index contributed by atoms with van der Waals surface area (Å²) in [5.74, 6) is 0.472. The Hall–Kier alpha value is -3.06. The van der Waals surface area contributed by atoms with Crippen LogP contribution in [0.3, 0.4) is 0 Å². The zero-order valence-electron chi connectivity index (χ0n) is 21.6. The van der Waals surface area contributed by atoms with Crippen LogP contribution in [0, 0.1) is 6.92 Å². The van der Waals surface area contributed by atoms with E-state index in [4.69, 9.17) is 0 Å². The quantitative estimate of drug-likeness (QED) is 0.301. The van der Waals surface area contributed by atoms with Gasteiger partial charge in [-0.15, -0.1) is 0 Å². The number of hydrogen-bond acceptors (Lipinski definition) is 2. The molecule has 2 aromatic carbocycles. The van der Waals surface area contributed by atoms with Crippen LogP contribution in [0.25, 0.3) is 11.4 Å². The first-order chi connectivity index (χ1) is 16.6. The molecule has 0 aliphatic heterocycles. The highest BCUT2D eigenvalue weighted by molar-refractivity contribution is 9.08. The summed E-state index contributed by atoms with van der Waals surface area (Å²) in [4.78, 5) is 24.9. The van der Waals surface area contributed by atoms with Gasteiger partial charge in [-0.2, -0.15) is 0 Å². The van der Waals surface area contributed by atoms with Gasteiger partial charge >= 0.3 is 0 Å². The number of benzene rings is 2. The van der Waals surface area contributed by atoms with Gasteiger partial charge in [0.25, 0.3) is 11.1 Å². The Morgan fingerprint density at radius 3 is 1.43 bits per heavy atom. The van der Waals surface area contributed by atoms with E-state index in [0.29, 0.717) is 5.33 Å². The van der Waals surface area contributed by atoms with Gasteiger partial charge in [-0.1, -0.05) is 80.0 Å². The molecule has 35 heavy (non-hydrogen) atoms. The molecule has 0 saturated heterocycles. The molecule has 0 aliphatic carbocycles. The molecule has 0 fully saturated rings. The van der Waals surface area contributed by atoms with Crippen LogP contribution < -0.4 is 11.1 Å². The maximum Gasteiger partial charge on any atom is 0.275 e. The number of hydrogen-bond donors (Lipinski definition) is 0. The van der Waals surface area contributed by atoms with Gasteiger partial charge in [0.15, 0.2) is 0 Å². The van der Waals surface area contributed by atoms with Gasteiger partial charge < -0.3 is 0 Å². The SMILES string of the molecule is CC(C)c1c(CBr)n(C)n(-c2ccccc2)c1=O.Cc1c(C(C)C)c(=O)n(-c2ccccc2)n1C. The van der Waals surface area contributed by atoms with Crippen molar-refractivity contribution in [3.63, 3.8) is 0 Å². The van der Waals surface area contributed by atoms with Gasteiger partial charge in [-0.3, -0.25) is 19.0 Å². The smallest absolute Gasteiger partial charge is 0.275 e. The molecule has 0 N–H and O–H groups in total. The van der Waals surface area contributed by atoms with Gasteiger partial charge in [0, 0.05) is 36.2 Å². The first-order valence-electron chi connectivity index (χ1n) is 11.9. The molecule has 2 aromatic heterocycles. The van der Waals surface area contributed by atoms with Gasteiger partial charge in [-0.05, 0) is 43.0 Å². The molecule has 0 saturated carbocycles. The summed E-state index contributed by atoms with van der Waals surface area (Å²) in [6, 6.07) is 19.5. The summed E-state index contributed by atoms with van der Waals surface area (Å²) < 4.78 is 7.31. The van der Waals surface area contributed by atoms with Crippen molar-refractivity contribution in [1.82, 2.24) is 18.7 Å². The number of rotatable bonds is 5. The lowest BCUT2D eigenvalue weighted by Crippen LogP contribution is -2.21. The summed E-state index contributed by atoms with van der Waals surface area (Å²) in [5.41, 5.74) is 5.84. The predicted molar refractivity (Wildman–Crippen MR) is 148 cm³/mol. The number of aromatic nitrogens is 4. The van der Waals surface area contributed by atoms with Crippen LogP contribution >= 0.6 is 15.9 Å². The molecule has 0 bridgehead atoms. The number of para-hydroxylation sites is 2. The fraction of sp³-hybridized carbons (Fsp3) is 0.357. The van der Waals surface area contributed by atoms with E-state index in [9.17, 15) is 9.59 Å². The summed E-state index contributed by atoms with van der Waals surface area (Å²) >= 11 is 3.47. The van der Waals surface area contributed by atoms with Crippen molar-refractivity contribution >= 4 is 15.9 Å². The van der Waals surface area contributed by atoms with E-state index in [1.165, 1.54) is 0 Å². The minimum absolute atomic E-state index is 0.0770. The molecule has 4 rings (SSSR count). The van der Waals surface area contributed by atoms with Crippen LogP contribution in [0.5, 0.6) is 0 Å². The number of nitrogens with zero attached hydrogens (tertiary/aromatic N) is 4. The summed E-state index contributed by atoms with van der Waals surface area (Å²) in [7, 11) is 3.85. The summed E-state index contributed by atoms with van der Waals surface area (Å²) in [5, 5.41) is 0.687. The lowest BCUT2D eigenvalue weighted by molar-refractivity contribution is 0.628. The average molecular weight is 540 g/mol. The maximum atomic E-state index is 12.5. The van der Waals surface area contributed by atoms with Crippen molar-refractivity contribution in [2.75, 3.05) is 0 Å². The molecule has 0 aliphatic rings. The monoisotopic (exact) mass is 538 g/mol. The Balaban J connectivity index is 0.000000196. The fourth-order valence-electron chi connectivity index (χ4n) is 4.52. The highest BCUT2D eigenvalue weighted by atomic mass is 79.9. The molecule has 7 heteroatoms. The molecule has 6 nitrogen and oxygen atoms in total. The third kappa shape index (κ3) is 5.15. The normalized spacial score (nSPS) is 11.1. The van der Waals surface area contributed by atoms with Crippen LogP contribution in [-0.2, 0) is 19.4 Å². The van der Waals surface area contributed by atoms with E-state index in [2.05, 4.69) is 43.6 Å². The molecular weight excluding hydrogens is 504 g/mol. The van der Waals surface area contributed by atoms with Gasteiger partial charge in [0.05, 0.1) is 17.1 Å². The molecule has 0 amide bonds. The zero-order valence-corrected chi connectivity index (χ0v) is 23.2. The lowest BCUT2D eigenvalue weighted by atomic mass is 10.0. The van der Waals surface area contributed by atoms with Crippen LogP contribution in [0.1, 0.15) is 62.0 Å². The molecule has 0 unspecified atom stereocenters. The Labute approximate surface area is 215 Å². The Kier molecular flexibility index (Phi) is 8.43. The molecule has 0 spiro atoms. The largest absolute Gasteiger partial charge is 0.285 e. The zero-order chi connectivity index (χ0) is 25.9. The third-order valence-electron chi connectivity index (χ3n) is 6.31. The van der Waals surface area contributed by atoms with E-state index < -0.39 is 0 Å². The van der Waals surface area contributed by atoms with Crippen molar-refractivity contribution in [3.8, 4) is 11.4 Å². The minimum Gasteiger partial charge on any atom is -0.285 e. The maximum absolute atomic E-state index is 12.5.